The van der Waals surface area contributed by atoms with E-state index in [4.69, 9.17) is 4.74 Å². The third kappa shape index (κ3) is 6.61. The second-order valence-corrected chi connectivity index (χ2v) is 7.78. The van der Waals surface area contributed by atoms with Gasteiger partial charge in [0.1, 0.15) is 11.8 Å². The molecule has 2 amide bonds. The molecule has 162 valence electrons. The first kappa shape index (κ1) is 23.5. The number of hydrogen-bond acceptors (Lipinski definition) is 3. The molecule has 5 heteroatoms. The monoisotopic (exact) mass is 410 g/mol. The molecule has 0 spiro atoms. The maximum Gasteiger partial charge on any atom is 0.261 e. The second kappa shape index (κ2) is 11.4. The number of rotatable bonds is 10. The molecule has 0 fully saturated rings. The zero-order chi connectivity index (χ0) is 22.1. The smallest absolute Gasteiger partial charge is 0.261 e. The van der Waals surface area contributed by atoms with Gasteiger partial charge in [-0.3, -0.25) is 9.59 Å². The van der Waals surface area contributed by atoms with Crippen LogP contribution < -0.4 is 10.1 Å². The predicted octanol–water partition coefficient (Wildman–Crippen LogP) is 4.32. The van der Waals surface area contributed by atoms with Gasteiger partial charge in [-0.05, 0) is 50.8 Å². The molecular weight excluding hydrogens is 376 g/mol. The van der Waals surface area contributed by atoms with Crippen molar-refractivity contribution in [1.29, 1.82) is 0 Å². The number of benzene rings is 2. The molecule has 0 aliphatic heterocycles. The fraction of sp³-hybridized carbons (Fsp3) is 0.440. The van der Waals surface area contributed by atoms with Crippen molar-refractivity contribution in [2.45, 2.75) is 60.0 Å². The zero-order valence-electron chi connectivity index (χ0n) is 18.8. The van der Waals surface area contributed by atoms with Crippen molar-refractivity contribution >= 4 is 11.8 Å². The summed E-state index contributed by atoms with van der Waals surface area (Å²) in [6.07, 6.45) is 1.39. The Morgan fingerprint density at radius 3 is 2.27 bits per heavy atom. The summed E-state index contributed by atoms with van der Waals surface area (Å²) >= 11 is 0. The molecule has 0 bridgehead atoms. The maximum absolute atomic E-state index is 13.2. The average Bonchev–Trinajstić information content (AvgIpc) is 2.72. The van der Waals surface area contributed by atoms with Crippen molar-refractivity contribution in [2.24, 2.45) is 0 Å². The number of nitrogens with zero attached hydrogens (tertiary/aromatic N) is 1. The van der Waals surface area contributed by atoms with Crippen LogP contribution in [0.2, 0.25) is 0 Å². The molecule has 5 nitrogen and oxygen atoms in total. The lowest BCUT2D eigenvalue weighted by atomic mass is 10.1. The first-order valence-electron chi connectivity index (χ1n) is 10.7. The van der Waals surface area contributed by atoms with Crippen molar-refractivity contribution in [3.8, 4) is 5.75 Å². The molecule has 2 aromatic carbocycles. The third-order valence-corrected chi connectivity index (χ3v) is 5.09. The molecule has 1 unspecified atom stereocenters. The molecule has 0 radical (unpaired) electrons. The molecule has 0 aromatic heterocycles. The number of aryl methyl sites for hydroxylation is 3. The highest BCUT2D eigenvalue weighted by molar-refractivity contribution is 5.88. The van der Waals surface area contributed by atoms with Crippen LogP contribution in [0.15, 0.2) is 42.5 Å². The van der Waals surface area contributed by atoms with Crippen LogP contribution in [-0.4, -0.2) is 35.9 Å². The Hall–Kier alpha value is -2.82. The molecule has 0 aliphatic carbocycles. The summed E-state index contributed by atoms with van der Waals surface area (Å²) in [5, 5.41) is 2.93. The minimum absolute atomic E-state index is 0.104. The summed E-state index contributed by atoms with van der Waals surface area (Å²) in [6.45, 7) is 10.8. The molecule has 1 N–H and O–H groups in total. The number of nitrogens with one attached hydrogen (secondary N) is 1. The first-order valence-corrected chi connectivity index (χ1v) is 10.7. The van der Waals surface area contributed by atoms with Crippen LogP contribution in [0.4, 0.5) is 0 Å². The van der Waals surface area contributed by atoms with Gasteiger partial charge in [0.05, 0.1) is 0 Å². The van der Waals surface area contributed by atoms with E-state index in [1.807, 2.05) is 77.1 Å². The Bertz CT molecular complexity index is 846. The quantitative estimate of drug-likeness (QED) is 0.634. The van der Waals surface area contributed by atoms with Gasteiger partial charge in [-0.15, -0.1) is 0 Å². The van der Waals surface area contributed by atoms with Gasteiger partial charge in [-0.1, -0.05) is 61.4 Å². The van der Waals surface area contributed by atoms with E-state index in [1.165, 1.54) is 0 Å². The Morgan fingerprint density at radius 2 is 1.67 bits per heavy atom. The Kier molecular flexibility index (Phi) is 8.90. The van der Waals surface area contributed by atoms with Gasteiger partial charge in [-0.25, -0.2) is 0 Å². The molecule has 30 heavy (non-hydrogen) atoms. The highest BCUT2D eigenvalue weighted by atomic mass is 16.5. The van der Waals surface area contributed by atoms with E-state index >= 15 is 0 Å². The van der Waals surface area contributed by atoms with E-state index in [1.54, 1.807) is 4.90 Å². The van der Waals surface area contributed by atoms with Crippen molar-refractivity contribution in [3.63, 3.8) is 0 Å². The van der Waals surface area contributed by atoms with Gasteiger partial charge in [0.15, 0.2) is 6.61 Å². The molecule has 0 aliphatic rings. The number of carbonyl (C=O) groups is 2. The van der Waals surface area contributed by atoms with E-state index < -0.39 is 6.04 Å². The van der Waals surface area contributed by atoms with Crippen LogP contribution >= 0.6 is 0 Å². The molecule has 0 saturated heterocycles. The van der Waals surface area contributed by atoms with Gasteiger partial charge >= 0.3 is 0 Å². The van der Waals surface area contributed by atoms with Crippen LogP contribution in [0.5, 0.6) is 5.75 Å². The van der Waals surface area contributed by atoms with E-state index in [0.29, 0.717) is 25.3 Å². The van der Waals surface area contributed by atoms with Gasteiger partial charge in [0.2, 0.25) is 5.91 Å². The molecule has 0 heterocycles. The summed E-state index contributed by atoms with van der Waals surface area (Å²) in [6, 6.07) is 13.4. The van der Waals surface area contributed by atoms with Crippen molar-refractivity contribution in [3.05, 3.63) is 64.7 Å². The SMILES string of the molecule is CCCNC(=O)C(CC)N(Cc1ccc(C)cc1)C(=O)COc1ccc(C)cc1C. The van der Waals surface area contributed by atoms with Gasteiger partial charge in [-0.2, -0.15) is 0 Å². The lowest BCUT2D eigenvalue weighted by molar-refractivity contribution is -0.143. The Balaban J connectivity index is 2.20. The van der Waals surface area contributed by atoms with Gasteiger partial charge < -0.3 is 15.0 Å². The summed E-state index contributed by atoms with van der Waals surface area (Å²) in [4.78, 5) is 27.5. The lowest BCUT2D eigenvalue weighted by Crippen LogP contribution is -2.50. The number of hydrogen-bond donors (Lipinski definition) is 1. The van der Waals surface area contributed by atoms with Crippen LogP contribution in [0.25, 0.3) is 0 Å². The molecular formula is C25H34N2O3. The third-order valence-electron chi connectivity index (χ3n) is 5.09. The summed E-state index contributed by atoms with van der Waals surface area (Å²) in [7, 11) is 0. The van der Waals surface area contributed by atoms with Crippen molar-refractivity contribution in [1.82, 2.24) is 10.2 Å². The van der Waals surface area contributed by atoms with Crippen molar-refractivity contribution < 1.29 is 14.3 Å². The predicted molar refractivity (Wildman–Crippen MR) is 121 cm³/mol. The fourth-order valence-electron chi connectivity index (χ4n) is 3.36. The Labute approximate surface area is 180 Å². The molecule has 2 aromatic rings. The minimum Gasteiger partial charge on any atom is -0.483 e. The van der Waals surface area contributed by atoms with E-state index in [0.717, 1.165) is 28.7 Å². The van der Waals surface area contributed by atoms with Gasteiger partial charge in [0, 0.05) is 13.1 Å². The summed E-state index contributed by atoms with van der Waals surface area (Å²) in [5.41, 5.74) is 4.27. The zero-order valence-corrected chi connectivity index (χ0v) is 18.8. The van der Waals surface area contributed by atoms with E-state index in [-0.39, 0.29) is 18.4 Å². The highest BCUT2D eigenvalue weighted by Gasteiger charge is 2.28. The Morgan fingerprint density at radius 1 is 1.00 bits per heavy atom. The van der Waals surface area contributed by atoms with Crippen LogP contribution in [0.3, 0.4) is 0 Å². The molecule has 0 saturated carbocycles. The molecule has 2 rings (SSSR count). The summed E-state index contributed by atoms with van der Waals surface area (Å²) in [5.74, 6) is 0.369. The van der Waals surface area contributed by atoms with E-state index in [9.17, 15) is 9.59 Å². The lowest BCUT2D eigenvalue weighted by Gasteiger charge is -2.30. The minimum atomic E-state index is -0.534. The van der Waals surface area contributed by atoms with Gasteiger partial charge in [0.25, 0.3) is 5.91 Å². The number of ether oxygens (including phenoxy) is 1. The largest absolute Gasteiger partial charge is 0.483 e. The standard InChI is InChI=1S/C25H34N2O3/c1-6-14-26-25(29)22(7-2)27(16-21-11-8-18(3)9-12-21)24(28)17-30-23-13-10-19(4)15-20(23)5/h8-13,15,22H,6-7,14,16-17H2,1-5H3,(H,26,29). The maximum atomic E-state index is 13.2. The number of amides is 2. The van der Waals surface area contributed by atoms with E-state index in [2.05, 4.69) is 5.32 Å². The normalized spacial score (nSPS) is 11.6. The average molecular weight is 411 g/mol. The van der Waals surface area contributed by atoms with Crippen LogP contribution in [-0.2, 0) is 16.1 Å². The molecule has 1 atom stereocenters. The van der Waals surface area contributed by atoms with Crippen molar-refractivity contribution in [2.75, 3.05) is 13.2 Å². The summed E-state index contributed by atoms with van der Waals surface area (Å²) < 4.78 is 5.82. The number of carbonyl (C=O) groups excluding carboxylic acids is 2. The topological polar surface area (TPSA) is 58.6 Å². The first-order chi connectivity index (χ1) is 14.3. The van der Waals surface area contributed by atoms with Crippen LogP contribution in [0, 0.1) is 20.8 Å². The highest BCUT2D eigenvalue weighted by Crippen LogP contribution is 2.19. The second-order valence-electron chi connectivity index (χ2n) is 7.78. The fourth-order valence-corrected chi connectivity index (χ4v) is 3.36. The van der Waals surface area contributed by atoms with Crippen LogP contribution in [0.1, 0.15) is 48.9 Å².